The van der Waals surface area contributed by atoms with E-state index in [0.717, 1.165) is 0 Å². The Morgan fingerprint density at radius 3 is 2.47 bits per heavy atom. The fourth-order valence-electron chi connectivity index (χ4n) is 1.56. The van der Waals surface area contributed by atoms with Gasteiger partial charge in [-0.25, -0.2) is 4.39 Å². The zero-order valence-electron chi connectivity index (χ0n) is 8.58. The standard InChI is InChI=1S/C13H7Cl2FO/c14-10-1-2-12(13(15)6-10)9-3-8(7-17)4-11(16)5-9/h1-7H. The number of carbonyl (C=O) groups excluding carboxylic acids is 1. The van der Waals surface area contributed by atoms with E-state index in [1.807, 2.05) is 0 Å². The molecule has 0 saturated carbocycles. The fraction of sp³-hybridized carbons (Fsp3) is 0. The van der Waals surface area contributed by atoms with E-state index in [1.165, 1.54) is 12.1 Å². The summed E-state index contributed by atoms with van der Waals surface area (Å²) >= 11 is 11.8. The molecule has 0 aliphatic heterocycles. The topological polar surface area (TPSA) is 17.1 Å². The summed E-state index contributed by atoms with van der Waals surface area (Å²) in [6.45, 7) is 0. The molecule has 0 heterocycles. The Morgan fingerprint density at radius 2 is 1.82 bits per heavy atom. The second-order valence-electron chi connectivity index (χ2n) is 3.52. The van der Waals surface area contributed by atoms with Crippen LogP contribution in [0.2, 0.25) is 10.0 Å². The van der Waals surface area contributed by atoms with E-state index in [1.54, 1.807) is 24.3 Å². The first-order valence-electron chi connectivity index (χ1n) is 4.81. The monoisotopic (exact) mass is 268 g/mol. The average Bonchev–Trinajstić information content (AvgIpc) is 2.28. The summed E-state index contributed by atoms with van der Waals surface area (Å²) < 4.78 is 13.3. The SMILES string of the molecule is O=Cc1cc(F)cc(-c2ccc(Cl)cc2Cl)c1. The van der Waals surface area contributed by atoms with Gasteiger partial charge in [-0.1, -0.05) is 29.3 Å². The fourth-order valence-corrected chi connectivity index (χ4v) is 2.08. The van der Waals surface area contributed by atoms with Gasteiger partial charge in [-0.2, -0.15) is 0 Å². The highest BCUT2D eigenvalue weighted by Crippen LogP contribution is 2.31. The molecule has 0 N–H and O–H groups in total. The predicted molar refractivity (Wildman–Crippen MR) is 67.2 cm³/mol. The van der Waals surface area contributed by atoms with Gasteiger partial charge < -0.3 is 0 Å². The van der Waals surface area contributed by atoms with E-state index in [-0.39, 0.29) is 5.56 Å². The Kier molecular flexibility index (Phi) is 3.46. The summed E-state index contributed by atoms with van der Waals surface area (Å²) in [7, 11) is 0. The molecule has 17 heavy (non-hydrogen) atoms. The highest BCUT2D eigenvalue weighted by Gasteiger charge is 2.07. The van der Waals surface area contributed by atoms with Crippen LogP contribution in [0.15, 0.2) is 36.4 Å². The van der Waals surface area contributed by atoms with Gasteiger partial charge in [0.05, 0.1) is 0 Å². The van der Waals surface area contributed by atoms with Crippen molar-refractivity contribution in [2.24, 2.45) is 0 Å². The number of hydrogen-bond donors (Lipinski definition) is 0. The summed E-state index contributed by atoms with van der Waals surface area (Å²) in [4.78, 5) is 10.7. The zero-order chi connectivity index (χ0) is 12.4. The lowest BCUT2D eigenvalue weighted by Gasteiger charge is -2.06. The maximum atomic E-state index is 13.3. The summed E-state index contributed by atoms with van der Waals surface area (Å²) in [5.41, 5.74) is 1.46. The molecule has 0 radical (unpaired) electrons. The van der Waals surface area contributed by atoms with Gasteiger partial charge >= 0.3 is 0 Å². The molecule has 0 unspecified atom stereocenters. The summed E-state index contributed by atoms with van der Waals surface area (Å²) in [6, 6.07) is 8.99. The van der Waals surface area contributed by atoms with E-state index in [9.17, 15) is 9.18 Å². The summed E-state index contributed by atoms with van der Waals surface area (Å²) in [5, 5.41) is 0.922. The quantitative estimate of drug-likeness (QED) is 0.727. The van der Waals surface area contributed by atoms with Crippen molar-refractivity contribution < 1.29 is 9.18 Å². The van der Waals surface area contributed by atoms with Gasteiger partial charge in [0.15, 0.2) is 0 Å². The van der Waals surface area contributed by atoms with E-state index in [0.29, 0.717) is 27.5 Å². The molecule has 0 aromatic heterocycles. The maximum absolute atomic E-state index is 13.3. The van der Waals surface area contributed by atoms with Crippen LogP contribution >= 0.6 is 23.2 Å². The average molecular weight is 269 g/mol. The van der Waals surface area contributed by atoms with E-state index < -0.39 is 5.82 Å². The first-order chi connectivity index (χ1) is 8.10. The van der Waals surface area contributed by atoms with Crippen LogP contribution in [0.5, 0.6) is 0 Å². The molecule has 0 aliphatic carbocycles. The molecule has 0 saturated heterocycles. The molecule has 1 nitrogen and oxygen atoms in total. The molecule has 0 fully saturated rings. The van der Waals surface area contributed by atoms with Crippen molar-refractivity contribution in [2.75, 3.05) is 0 Å². The second-order valence-corrected chi connectivity index (χ2v) is 4.36. The van der Waals surface area contributed by atoms with Gasteiger partial charge in [-0.3, -0.25) is 4.79 Å². The molecule has 0 atom stereocenters. The van der Waals surface area contributed by atoms with Crippen LogP contribution in [0, 0.1) is 5.82 Å². The predicted octanol–water partition coefficient (Wildman–Crippen LogP) is 4.61. The van der Waals surface area contributed by atoms with Crippen LogP contribution in [0.4, 0.5) is 4.39 Å². The van der Waals surface area contributed by atoms with Gasteiger partial charge in [-0.05, 0) is 35.9 Å². The Hall–Kier alpha value is -1.38. The molecule has 4 heteroatoms. The third-order valence-corrected chi connectivity index (χ3v) is 2.85. The lowest BCUT2D eigenvalue weighted by molar-refractivity contribution is 0.112. The highest BCUT2D eigenvalue weighted by atomic mass is 35.5. The minimum absolute atomic E-state index is 0.269. The maximum Gasteiger partial charge on any atom is 0.150 e. The van der Waals surface area contributed by atoms with Gasteiger partial charge in [0.25, 0.3) is 0 Å². The second kappa shape index (κ2) is 4.86. The number of halogens is 3. The third kappa shape index (κ3) is 2.65. The van der Waals surface area contributed by atoms with Crippen LogP contribution in [0.1, 0.15) is 10.4 Å². The Balaban J connectivity index is 2.59. The number of hydrogen-bond acceptors (Lipinski definition) is 1. The Labute approximate surface area is 108 Å². The molecule has 2 aromatic carbocycles. The minimum atomic E-state index is -0.476. The summed E-state index contributed by atoms with van der Waals surface area (Å²) in [5.74, 6) is -0.476. The van der Waals surface area contributed by atoms with Gasteiger partial charge in [0, 0.05) is 21.2 Å². The van der Waals surface area contributed by atoms with Crippen molar-refractivity contribution in [2.45, 2.75) is 0 Å². The van der Waals surface area contributed by atoms with Crippen LogP contribution in [-0.4, -0.2) is 6.29 Å². The van der Waals surface area contributed by atoms with Crippen LogP contribution in [0.3, 0.4) is 0 Å². The zero-order valence-corrected chi connectivity index (χ0v) is 10.1. The van der Waals surface area contributed by atoms with Crippen LogP contribution in [0.25, 0.3) is 11.1 Å². The molecule has 2 rings (SSSR count). The lowest BCUT2D eigenvalue weighted by Crippen LogP contribution is -1.87. The van der Waals surface area contributed by atoms with Crippen LogP contribution in [-0.2, 0) is 0 Å². The number of aldehydes is 1. The molecule has 86 valence electrons. The lowest BCUT2D eigenvalue weighted by atomic mass is 10.0. The number of benzene rings is 2. The first kappa shape index (κ1) is 12.1. The molecule has 2 aromatic rings. The molecule has 0 spiro atoms. The van der Waals surface area contributed by atoms with E-state index >= 15 is 0 Å². The van der Waals surface area contributed by atoms with Gasteiger partial charge in [0.1, 0.15) is 12.1 Å². The molecular weight excluding hydrogens is 262 g/mol. The van der Waals surface area contributed by atoms with Crippen molar-refractivity contribution in [3.8, 4) is 11.1 Å². The summed E-state index contributed by atoms with van der Waals surface area (Å²) in [6.07, 6.45) is 0.594. The Morgan fingerprint density at radius 1 is 1.06 bits per heavy atom. The molecule has 0 amide bonds. The smallest absolute Gasteiger partial charge is 0.150 e. The largest absolute Gasteiger partial charge is 0.298 e. The normalized spacial score (nSPS) is 10.3. The first-order valence-corrected chi connectivity index (χ1v) is 5.57. The molecule has 0 aliphatic rings. The van der Waals surface area contributed by atoms with Crippen molar-refractivity contribution >= 4 is 29.5 Å². The number of carbonyl (C=O) groups is 1. The minimum Gasteiger partial charge on any atom is -0.298 e. The van der Waals surface area contributed by atoms with Gasteiger partial charge in [0.2, 0.25) is 0 Å². The van der Waals surface area contributed by atoms with Gasteiger partial charge in [-0.15, -0.1) is 0 Å². The van der Waals surface area contributed by atoms with E-state index in [4.69, 9.17) is 23.2 Å². The van der Waals surface area contributed by atoms with Crippen molar-refractivity contribution in [1.29, 1.82) is 0 Å². The third-order valence-electron chi connectivity index (χ3n) is 2.30. The van der Waals surface area contributed by atoms with E-state index in [2.05, 4.69) is 0 Å². The molecular formula is C13H7Cl2FO. The van der Waals surface area contributed by atoms with Crippen molar-refractivity contribution in [3.05, 3.63) is 57.8 Å². The Bertz CT molecular complexity index is 582. The number of rotatable bonds is 2. The molecule has 0 bridgehead atoms. The highest BCUT2D eigenvalue weighted by molar-refractivity contribution is 6.36. The van der Waals surface area contributed by atoms with Crippen molar-refractivity contribution in [1.82, 2.24) is 0 Å². The van der Waals surface area contributed by atoms with Crippen molar-refractivity contribution in [3.63, 3.8) is 0 Å². The van der Waals surface area contributed by atoms with Crippen LogP contribution < -0.4 is 0 Å².